The summed E-state index contributed by atoms with van der Waals surface area (Å²) in [6, 6.07) is -0.879. The molecule has 254 valence electrons. The summed E-state index contributed by atoms with van der Waals surface area (Å²) in [4.78, 5) is 36.1. The van der Waals surface area contributed by atoms with Crippen LogP contribution in [0.3, 0.4) is 0 Å². The Morgan fingerprint density at radius 1 is 0.558 bits per heavy atom. The number of ether oxygens (including phenoxy) is 1. The lowest BCUT2D eigenvalue weighted by molar-refractivity contribution is -0.148. The van der Waals surface area contributed by atoms with Gasteiger partial charge in [-0.3, -0.25) is 9.59 Å². The van der Waals surface area contributed by atoms with E-state index in [9.17, 15) is 14.4 Å². The van der Waals surface area contributed by atoms with Crippen molar-refractivity contribution in [1.82, 2.24) is 5.32 Å². The molecule has 0 aromatic heterocycles. The second kappa shape index (κ2) is 31.8. The molecule has 0 radical (unpaired) electrons. The summed E-state index contributed by atoms with van der Waals surface area (Å²) in [7, 11) is 0. The monoisotopic (exact) mass is 610 g/mol. The zero-order valence-electron chi connectivity index (χ0n) is 28.7. The molecule has 0 unspecified atom stereocenters. The third-order valence-corrected chi connectivity index (χ3v) is 8.44. The number of aliphatic carboxylic acids is 1. The number of carboxylic acid groups (broad SMARTS) is 1. The quantitative estimate of drug-likeness (QED) is 0.0570. The van der Waals surface area contributed by atoms with Gasteiger partial charge in [0.05, 0.1) is 6.61 Å². The van der Waals surface area contributed by atoms with Crippen molar-refractivity contribution in [3.05, 3.63) is 0 Å². The van der Waals surface area contributed by atoms with Gasteiger partial charge >= 0.3 is 11.9 Å². The van der Waals surface area contributed by atoms with Crippen molar-refractivity contribution in [2.75, 3.05) is 6.61 Å². The first kappa shape index (κ1) is 41.4. The molecule has 0 saturated heterocycles. The van der Waals surface area contributed by atoms with E-state index in [0.717, 1.165) is 44.4 Å². The molecule has 0 aliphatic rings. The van der Waals surface area contributed by atoms with Gasteiger partial charge in [0.1, 0.15) is 6.04 Å². The molecule has 2 N–H and O–H groups in total. The molecule has 0 rings (SSSR count). The summed E-state index contributed by atoms with van der Waals surface area (Å²) >= 11 is 0. The summed E-state index contributed by atoms with van der Waals surface area (Å²) in [5.41, 5.74) is 0. The standard InChI is InChI=1S/C37H71NO5/c1-4-5-6-7-8-9-10-11-14-17-20-23-26-29-35(39)38-34(30-31-36(40)41)37(42)43-32-27-24-21-18-15-12-13-16-19-22-25-28-33(2)3/h33-34H,4-32H2,1-3H3,(H,38,39)(H,40,41)/t34-/m0/s1. The van der Waals surface area contributed by atoms with Gasteiger partial charge in [-0.05, 0) is 25.2 Å². The second-order valence-corrected chi connectivity index (χ2v) is 13.3. The van der Waals surface area contributed by atoms with E-state index >= 15 is 0 Å². The van der Waals surface area contributed by atoms with Gasteiger partial charge in [-0.1, -0.05) is 168 Å². The van der Waals surface area contributed by atoms with Gasteiger partial charge in [-0.2, -0.15) is 0 Å². The van der Waals surface area contributed by atoms with E-state index in [1.54, 1.807) is 0 Å². The molecule has 0 spiro atoms. The van der Waals surface area contributed by atoms with E-state index in [-0.39, 0.29) is 18.7 Å². The molecule has 0 aromatic rings. The Labute approximate surface area is 266 Å². The van der Waals surface area contributed by atoms with Crippen molar-refractivity contribution < 1.29 is 24.2 Å². The average molecular weight is 610 g/mol. The fraction of sp³-hybridized carbons (Fsp3) is 0.919. The van der Waals surface area contributed by atoms with E-state index < -0.39 is 18.0 Å². The molecule has 0 saturated carbocycles. The minimum atomic E-state index is -0.977. The lowest BCUT2D eigenvalue weighted by Crippen LogP contribution is -2.42. The van der Waals surface area contributed by atoms with Crippen molar-refractivity contribution in [3.63, 3.8) is 0 Å². The van der Waals surface area contributed by atoms with Crippen LogP contribution < -0.4 is 5.32 Å². The number of carboxylic acids is 1. The number of hydrogen-bond acceptors (Lipinski definition) is 4. The van der Waals surface area contributed by atoms with E-state index in [4.69, 9.17) is 9.84 Å². The van der Waals surface area contributed by atoms with Crippen LogP contribution in [-0.2, 0) is 19.1 Å². The molecule has 0 aliphatic heterocycles. The second-order valence-electron chi connectivity index (χ2n) is 13.3. The van der Waals surface area contributed by atoms with Crippen LogP contribution in [-0.4, -0.2) is 35.6 Å². The first-order valence-electron chi connectivity index (χ1n) is 18.5. The summed E-state index contributed by atoms with van der Waals surface area (Å²) in [5.74, 6) is -0.847. The highest BCUT2D eigenvalue weighted by Gasteiger charge is 2.23. The van der Waals surface area contributed by atoms with Crippen LogP contribution in [0.1, 0.15) is 201 Å². The van der Waals surface area contributed by atoms with Gasteiger partial charge in [0.25, 0.3) is 0 Å². The van der Waals surface area contributed by atoms with Crippen LogP contribution in [0.2, 0.25) is 0 Å². The predicted octanol–water partition coefficient (Wildman–Crippen LogP) is 10.7. The van der Waals surface area contributed by atoms with Gasteiger partial charge in [0.2, 0.25) is 5.91 Å². The number of carbonyl (C=O) groups excluding carboxylic acids is 2. The number of hydrogen-bond donors (Lipinski definition) is 2. The largest absolute Gasteiger partial charge is 0.481 e. The van der Waals surface area contributed by atoms with Gasteiger partial charge in [0, 0.05) is 12.8 Å². The maximum Gasteiger partial charge on any atom is 0.328 e. The van der Waals surface area contributed by atoms with E-state index in [1.807, 2.05) is 0 Å². The van der Waals surface area contributed by atoms with E-state index in [0.29, 0.717) is 13.0 Å². The number of nitrogens with one attached hydrogen (secondary N) is 1. The maximum atomic E-state index is 12.6. The highest BCUT2D eigenvalue weighted by molar-refractivity contribution is 5.84. The number of carbonyl (C=O) groups is 3. The Hall–Kier alpha value is -1.59. The van der Waals surface area contributed by atoms with Crippen molar-refractivity contribution in [1.29, 1.82) is 0 Å². The van der Waals surface area contributed by atoms with Crippen LogP contribution in [0.5, 0.6) is 0 Å². The fourth-order valence-corrected chi connectivity index (χ4v) is 5.61. The molecular formula is C37H71NO5. The normalized spacial score (nSPS) is 12.0. The van der Waals surface area contributed by atoms with Crippen LogP contribution in [0.15, 0.2) is 0 Å². The predicted molar refractivity (Wildman–Crippen MR) is 180 cm³/mol. The summed E-state index contributed by atoms with van der Waals surface area (Å²) < 4.78 is 5.42. The highest BCUT2D eigenvalue weighted by Crippen LogP contribution is 2.15. The molecule has 43 heavy (non-hydrogen) atoms. The van der Waals surface area contributed by atoms with E-state index in [2.05, 4.69) is 26.1 Å². The molecule has 1 atom stereocenters. The lowest BCUT2D eigenvalue weighted by atomic mass is 10.0. The number of amides is 1. The van der Waals surface area contributed by atoms with Crippen molar-refractivity contribution in [2.45, 2.75) is 207 Å². The van der Waals surface area contributed by atoms with Gasteiger partial charge in [-0.15, -0.1) is 0 Å². The molecule has 0 fully saturated rings. The Morgan fingerprint density at radius 2 is 0.977 bits per heavy atom. The molecule has 0 bridgehead atoms. The van der Waals surface area contributed by atoms with Crippen molar-refractivity contribution in [2.24, 2.45) is 5.92 Å². The number of rotatable bonds is 33. The SMILES string of the molecule is CCCCCCCCCCCCCCCC(=O)N[C@@H](CCC(=O)O)C(=O)OCCCCCCCCCCCCCC(C)C. The number of esters is 1. The van der Waals surface area contributed by atoms with Crippen LogP contribution >= 0.6 is 0 Å². The zero-order valence-corrected chi connectivity index (χ0v) is 28.7. The molecule has 0 heterocycles. The van der Waals surface area contributed by atoms with Crippen LogP contribution in [0, 0.1) is 5.92 Å². The van der Waals surface area contributed by atoms with Gasteiger partial charge in [-0.25, -0.2) is 4.79 Å². The Kier molecular flexibility index (Phi) is 30.6. The molecule has 6 heteroatoms. The minimum Gasteiger partial charge on any atom is -0.481 e. The molecule has 0 aromatic carbocycles. The third kappa shape index (κ3) is 31.6. The van der Waals surface area contributed by atoms with Gasteiger partial charge < -0.3 is 15.2 Å². The maximum absolute atomic E-state index is 12.6. The fourth-order valence-electron chi connectivity index (χ4n) is 5.61. The Balaban J connectivity index is 3.86. The molecular weight excluding hydrogens is 538 g/mol. The van der Waals surface area contributed by atoms with Gasteiger partial charge in [0.15, 0.2) is 0 Å². The summed E-state index contributed by atoms with van der Waals surface area (Å²) in [6.07, 6.45) is 31.4. The average Bonchev–Trinajstić information content (AvgIpc) is 2.97. The summed E-state index contributed by atoms with van der Waals surface area (Å²) in [6.45, 7) is 7.17. The number of unbranched alkanes of at least 4 members (excludes halogenated alkanes) is 22. The molecule has 0 aliphatic carbocycles. The first-order valence-corrected chi connectivity index (χ1v) is 18.5. The lowest BCUT2D eigenvalue weighted by Gasteiger charge is -2.17. The minimum absolute atomic E-state index is 0.0657. The first-order chi connectivity index (χ1) is 20.9. The highest BCUT2D eigenvalue weighted by atomic mass is 16.5. The Bertz CT molecular complexity index is 651. The Morgan fingerprint density at radius 3 is 1.42 bits per heavy atom. The van der Waals surface area contributed by atoms with Crippen molar-refractivity contribution >= 4 is 17.8 Å². The van der Waals surface area contributed by atoms with E-state index in [1.165, 1.54) is 122 Å². The molecule has 6 nitrogen and oxygen atoms in total. The van der Waals surface area contributed by atoms with Crippen LogP contribution in [0.4, 0.5) is 0 Å². The third-order valence-electron chi connectivity index (χ3n) is 8.44. The smallest absolute Gasteiger partial charge is 0.328 e. The zero-order chi connectivity index (χ0) is 31.8. The topological polar surface area (TPSA) is 92.7 Å². The summed E-state index contributed by atoms with van der Waals surface area (Å²) in [5, 5.41) is 11.8. The van der Waals surface area contributed by atoms with Crippen molar-refractivity contribution in [3.8, 4) is 0 Å². The molecule has 1 amide bonds. The van der Waals surface area contributed by atoms with Crippen LogP contribution in [0.25, 0.3) is 0 Å².